The molecule has 5 rings (SSSR count). The van der Waals surface area contributed by atoms with E-state index in [4.69, 9.17) is 5.73 Å². The van der Waals surface area contributed by atoms with Gasteiger partial charge in [-0.15, -0.1) is 22.7 Å². The summed E-state index contributed by atoms with van der Waals surface area (Å²) in [4.78, 5) is 20.5. The summed E-state index contributed by atoms with van der Waals surface area (Å²) in [5.74, 6) is -0.793. The molecule has 0 saturated heterocycles. The molecule has 5 nitrogen and oxygen atoms in total. The second-order valence-electron chi connectivity index (χ2n) is 8.12. The molecular weight excluding hydrogens is 541 g/mol. The van der Waals surface area contributed by atoms with Gasteiger partial charge >= 0.3 is 0 Å². The van der Waals surface area contributed by atoms with Crippen molar-refractivity contribution in [1.29, 1.82) is 0 Å². The van der Waals surface area contributed by atoms with E-state index >= 15 is 0 Å². The lowest BCUT2D eigenvalue weighted by molar-refractivity contribution is 0.112. The van der Waals surface area contributed by atoms with Crippen LogP contribution < -0.4 is 5.73 Å². The van der Waals surface area contributed by atoms with Crippen molar-refractivity contribution in [2.24, 2.45) is 5.73 Å². The van der Waals surface area contributed by atoms with Crippen LogP contribution in [0.2, 0.25) is 0 Å². The third kappa shape index (κ3) is 11.3. The summed E-state index contributed by atoms with van der Waals surface area (Å²) in [7, 11) is 0. The topological polar surface area (TPSA) is 72.1 Å². The van der Waals surface area contributed by atoms with Gasteiger partial charge in [0.05, 0.1) is 6.54 Å². The SMILES string of the molecule is Fc1ccc(CN(Cc2ccc(F)cc2)Cc2nccs2)cc1.NCc1nccs1.O=Cc1ccc(F)cc1. The van der Waals surface area contributed by atoms with Gasteiger partial charge in [-0.25, -0.2) is 23.1 Å². The molecule has 0 spiro atoms. The second-order valence-corrected chi connectivity index (χ2v) is 10.1. The van der Waals surface area contributed by atoms with E-state index in [1.165, 1.54) is 48.5 Å². The molecule has 0 aliphatic carbocycles. The van der Waals surface area contributed by atoms with Crippen LogP contribution in [0.3, 0.4) is 0 Å². The Morgan fingerprint density at radius 2 is 1.10 bits per heavy atom. The van der Waals surface area contributed by atoms with Gasteiger partial charge in [0.1, 0.15) is 33.8 Å². The number of carbonyl (C=O) groups excluding carboxylic acids is 1. The first kappa shape index (κ1) is 29.9. The van der Waals surface area contributed by atoms with E-state index < -0.39 is 0 Å². The van der Waals surface area contributed by atoms with Crippen molar-refractivity contribution in [1.82, 2.24) is 14.9 Å². The fourth-order valence-corrected chi connectivity index (χ4v) is 4.44. The number of hydrogen-bond acceptors (Lipinski definition) is 7. The van der Waals surface area contributed by atoms with Gasteiger partial charge in [0.25, 0.3) is 0 Å². The maximum Gasteiger partial charge on any atom is 0.150 e. The first-order valence-electron chi connectivity index (χ1n) is 11.8. The minimum absolute atomic E-state index is 0.237. The van der Waals surface area contributed by atoms with Crippen LogP contribution >= 0.6 is 22.7 Å². The van der Waals surface area contributed by atoms with Crippen molar-refractivity contribution in [3.05, 3.63) is 140 Å². The molecule has 2 aromatic heterocycles. The molecule has 2 N–H and O–H groups in total. The zero-order valence-electron chi connectivity index (χ0n) is 20.9. The van der Waals surface area contributed by atoms with Crippen molar-refractivity contribution in [3.8, 4) is 0 Å². The zero-order valence-corrected chi connectivity index (χ0v) is 22.6. The predicted octanol–water partition coefficient (Wildman–Crippen LogP) is 6.86. The van der Waals surface area contributed by atoms with E-state index in [0.717, 1.165) is 21.1 Å². The molecule has 0 saturated carbocycles. The third-order valence-corrected chi connectivity index (χ3v) is 6.71. The fourth-order valence-electron chi connectivity index (χ4n) is 3.28. The van der Waals surface area contributed by atoms with Crippen LogP contribution in [-0.4, -0.2) is 21.2 Å². The maximum atomic E-state index is 13.1. The van der Waals surface area contributed by atoms with E-state index in [9.17, 15) is 18.0 Å². The van der Waals surface area contributed by atoms with Crippen molar-refractivity contribution < 1.29 is 18.0 Å². The molecule has 0 unspecified atom stereocenters. The highest BCUT2D eigenvalue weighted by molar-refractivity contribution is 7.09. The number of carbonyl (C=O) groups is 1. The van der Waals surface area contributed by atoms with Crippen LogP contribution in [0.4, 0.5) is 13.2 Å². The summed E-state index contributed by atoms with van der Waals surface area (Å²) in [5.41, 5.74) is 7.80. The maximum absolute atomic E-state index is 13.1. The minimum Gasteiger partial charge on any atom is -0.325 e. The van der Waals surface area contributed by atoms with Crippen LogP contribution in [0.15, 0.2) is 96.0 Å². The second kappa shape index (κ2) is 16.3. The van der Waals surface area contributed by atoms with Crippen LogP contribution in [0.1, 0.15) is 31.5 Å². The molecule has 5 aromatic rings. The molecule has 0 fully saturated rings. The highest BCUT2D eigenvalue weighted by atomic mass is 32.1. The smallest absolute Gasteiger partial charge is 0.150 e. The van der Waals surface area contributed by atoms with E-state index in [0.29, 0.717) is 38.0 Å². The van der Waals surface area contributed by atoms with E-state index in [1.807, 2.05) is 10.8 Å². The molecule has 0 aliphatic heterocycles. The average Bonchev–Trinajstić information content (AvgIpc) is 3.67. The van der Waals surface area contributed by atoms with Crippen molar-refractivity contribution in [2.75, 3.05) is 0 Å². The molecule has 0 aliphatic rings. The van der Waals surface area contributed by atoms with Crippen LogP contribution in [-0.2, 0) is 26.2 Å². The van der Waals surface area contributed by atoms with E-state index in [2.05, 4.69) is 14.9 Å². The first-order chi connectivity index (χ1) is 18.9. The van der Waals surface area contributed by atoms with Gasteiger partial charge < -0.3 is 5.73 Å². The largest absolute Gasteiger partial charge is 0.325 e. The summed E-state index contributed by atoms with van der Waals surface area (Å²) >= 11 is 3.19. The molecular formula is C29H27F3N4OS2. The Hall–Kier alpha value is -3.70. The average molecular weight is 569 g/mol. The number of thiazole rings is 2. The Balaban J connectivity index is 0.000000213. The molecule has 0 bridgehead atoms. The lowest BCUT2D eigenvalue weighted by Gasteiger charge is -2.21. The molecule has 39 heavy (non-hydrogen) atoms. The molecule has 0 radical (unpaired) electrons. The van der Waals surface area contributed by atoms with Gasteiger partial charge in [0.15, 0.2) is 0 Å². The minimum atomic E-state index is -0.319. The van der Waals surface area contributed by atoms with Gasteiger partial charge in [-0.1, -0.05) is 24.3 Å². The molecule has 0 amide bonds. The summed E-state index contributed by atoms with van der Waals surface area (Å²) in [6, 6.07) is 18.4. The third-order valence-electron chi connectivity index (χ3n) is 5.15. The number of aromatic nitrogens is 2. The Kier molecular flexibility index (Phi) is 12.5. The van der Waals surface area contributed by atoms with Crippen LogP contribution in [0, 0.1) is 17.5 Å². The summed E-state index contributed by atoms with van der Waals surface area (Å²) in [5, 5.41) is 5.89. The lowest BCUT2D eigenvalue weighted by Crippen LogP contribution is -2.22. The molecule has 2 heterocycles. The number of nitrogens with two attached hydrogens (primary N) is 1. The standard InChI is InChI=1S/C18H16F2N2S.C7H5FO.C4H6N2S/c19-16-5-1-14(2-6-16)11-22(13-18-21-9-10-23-18)12-15-3-7-17(20)8-4-15;8-7-3-1-6(5-9)2-4-7;5-3-4-6-1-2-7-4/h1-10H,11-13H2;1-5H;1-2H,3,5H2. The number of benzene rings is 3. The number of nitrogens with zero attached hydrogens (tertiary/aromatic N) is 3. The summed E-state index contributed by atoms with van der Waals surface area (Å²) in [6.45, 7) is 2.62. The van der Waals surface area contributed by atoms with Crippen molar-refractivity contribution in [2.45, 2.75) is 26.2 Å². The van der Waals surface area contributed by atoms with Gasteiger partial charge in [0.2, 0.25) is 0 Å². The van der Waals surface area contributed by atoms with Gasteiger partial charge in [0, 0.05) is 48.4 Å². The van der Waals surface area contributed by atoms with Crippen molar-refractivity contribution in [3.63, 3.8) is 0 Å². The molecule has 3 aromatic carbocycles. The number of hydrogen-bond donors (Lipinski definition) is 1. The van der Waals surface area contributed by atoms with Gasteiger partial charge in [-0.05, 0) is 59.7 Å². The Morgan fingerprint density at radius 3 is 1.46 bits per heavy atom. The summed E-state index contributed by atoms with van der Waals surface area (Å²) in [6.07, 6.45) is 4.22. The van der Waals surface area contributed by atoms with Crippen molar-refractivity contribution >= 4 is 29.0 Å². The monoisotopic (exact) mass is 568 g/mol. The highest BCUT2D eigenvalue weighted by Crippen LogP contribution is 2.16. The van der Waals surface area contributed by atoms with Crippen LogP contribution in [0.5, 0.6) is 0 Å². The molecule has 202 valence electrons. The molecule has 0 atom stereocenters. The Bertz CT molecular complexity index is 1300. The zero-order chi connectivity index (χ0) is 27.9. The van der Waals surface area contributed by atoms with Crippen LogP contribution in [0.25, 0.3) is 0 Å². The molecule has 10 heteroatoms. The van der Waals surface area contributed by atoms with E-state index in [1.54, 1.807) is 59.3 Å². The van der Waals surface area contributed by atoms with Gasteiger partial charge in [-0.2, -0.15) is 0 Å². The number of aldehydes is 1. The number of halogens is 3. The quantitative estimate of drug-likeness (QED) is 0.207. The Morgan fingerprint density at radius 1 is 0.667 bits per heavy atom. The normalized spacial score (nSPS) is 10.3. The van der Waals surface area contributed by atoms with Gasteiger partial charge in [-0.3, -0.25) is 9.69 Å². The lowest BCUT2D eigenvalue weighted by atomic mass is 10.1. The fraction of sp³-hybridized carbons (Fsp3) is 0.138. The summed E-state index contributed by atoms with van der Waals surface area (Å²) < 4.78 is 38.2. The highest BCUT2D eigenvalue weighted by Gasteiger charge is 2.10. The van der Waals surface area contributed by atoms with E-state index in [-0.39, 0.29) is 17.5 Å². The Labute approximate surface area is 233 Å². The first-order valence-corrected chi connectivity index (χ1v) is 13.6. The number of rotatable bonds is 8. The predicted molar refractivity (Wildman–Crippen MR) is 150 cm³/mol.